The summed E-state index contributed by atoms with van der Waals surface area (Å²) in [6.07, 6.45) is 0.826. The molecule has 0 bridgehead atoms. The number of nitrogens with zero attached hydrogens (tertiary/aromatic N) is 2. The molecule has 1 aromatic heterocycles. The summed E-state index contributed by atoms with van der Waals surface area (Å²) in [5, 5.41) is 0. The van der Waals surface area contributed by atoms with Crippen LogP contribution in [0.2, 0.25) is 0 Å². The molecule has 0 aliphatic carbocycles. The fourth-order valence-corrected chi connectivity index (χ4v) is 2.10. The SMILES string of the molecule is CC(N)Cc1nc2ccccc2n1C(C)C. The van der Waals surface area contributed by atoms with E-state index >= 15 is 0 Å². The monoisotopic (exact) mass is 217 g/mol. The van der Waals surface area contributed by atoms with Gasteiger partial charge in [-0.15, -0.1) is 0 Å². The summed E-state index contributed by atoms with van der Waals surface area (Å²) >= 11 is 0. The molecular weight excluding hydrogens is 198 g/mol. The molecule has 0 amide bonds. The van der Waals surface area contributed by atoms with Gasteiger partial charge in [-0.05, 0) is 32.9 Å². The lowest BCUT2D eigenvalue weighted by molar-refractivity contribution is 0.564. The maximum atomic E-state index is 5.86. The second kappa shape index (κ2) is 4.26. The molecule has 1 unspecified atom stereocenters. The second-order valence-corrected chi connectivity index (χ2v) is 4.66. The van der Waals surface area contributed by atoms with Crippen molar-refractivity contribution in [1.82, 2.24) is 9.55 Å². The average molecular weight is 217 g/mol. The van der Waals surface area contributed by atoms with E-state index in [4.69, 9.17) is 5.73 Å². The minimum atomic E-state index is 0.148. The smallest absolute Gasteiger partial charge is 0.111 e. The number of hydrogen-bond acceptors (Lipinski definition) is 2. The highest BCUT2D eigenvalue weighted by molar-refractivity contribution is 5.76. The van der Waals surface area contributed by atoms with E-state index in [-0.39, 0.29) is 6.04 Å². The van der Waals surface area contributed by atoms with Crippen LogP contribution in [0.4, 0.5) is 0 Å². The fourth-order valence-electron chi connectivity index (χ4n) is 2.10. The van der Waals surface area contributed by atoms with Crippen LogP contribution < -0.4 is 5.73 Å². The molecule has 0 spiro atoms. The van der Waals surface area contributed by atoms with Crippen molar-refractivity contribution in [2.45, 2.75) is 39.3 Å². The van der Waals surface area contributed by atoms with Gasteiger partial charge in [0, 0.05) is 18.5 Å². The Labute approximate surface area is 96.3 Å². The molecule has 0 aliphatic rings. The molecule has 3 heteroatoms. The maximum absolute atomic E-state index is 5.86. The molecule has 1 atom stereocenters. The van der Waals surface area contributed by atoms with Crippen molar-refractivity contribution in [2.24, 2.45) is 5.73 Å². The van der Waals surface area contributed by atoms with Crippen molar-refractivity contribution in [3.63, 3.8) is 0 Å². The van der Waals surface area contributed by atoms with Crippen LogP contribution in [0.1, 0.15) is 32.6 Å². The number of nitrogens with two attached hydrogens (primary N) is 1. The molecule has 2 rings (SSSR count). The zero-order valence-electron chi connectivity index (χ0n) is 10.1. The number of rotatable bonds is 3. The van der Waals surface area contributed by atoms with E-state index in [1.54, 1.807) is 0 Å². The molecule has 2 aromatic rings. The lowest BCUT2D eigenvalue weighted by Crippen LogP contribution is -2.21. The third-order valence-electron chi connectivity index (χ3n) is 2.69. The Hall–Kier alpha value is -1.35. The predicted molar refractivity (Wildman–Crippen MR) is 67.5 cm³/mol. The van der Waals surface area contributed by atoms with Gasteiger partial charge in [0.25, 0.3) is 0 Å². The molecule has 16 heavy (non-hydrogen) atoms. The molecule has 0 aliphatic heterocycles. The largest absolute Gasteiger partial charge is 0.328 e. The highest BCUT2D eigenvalue weighted by atomic mass is 15.1. The summed E-state index contributed by atoms with van der Waals surface area (Å²) in [6.45, 7) is 6.38. The summed E-state index contributed by atoms with van der Waals surface area (Å²) < 4.78 is 2.28. The third kappa shape index (κ3) is 1.95. The summed E-state index contributed by atoms with van der Waals surface area (Å²) in [6, 6.07) is 8.82. The van der Waals surface area contributed by atoms with E-state index in [0.717, 1.165) is 17.8 Å². The summed E-state index contributed by atoms with van der Waals surface area (Å²) in [5.41, 5.74) is 8.13. The summed E-state index contributed by atoms with van der Waals surface area (Å²) in [7, 11) is 0. The van der Waals surface area contributed by atoms with Crippen LogP contribution >= 0.6 is 0 Å². The number of para-hydroxylation sites is 2. The topological polar surface area (TPSA) is 43.8 Å². The third-order valence-corrected chi connectivity index (χ3v) is 2.69. The number of benzene rings is 1. The fraction of sp³-hybridized carbons (Fsp3) is 0.462. The molecule has 2 N–H and O–H groups in total. The molecule has 1 aromatic carbocycles. The van der Waals surface area contributed by atoms with Gasteiger partial charge in [0.1, 0.15) is 5.82 Å². The maximum Gasteiger partial charge on any atom is 0.111 e. The van der Waals surface area contributed by atoms with Crippen LogP contribution in [0.15, 0.2) is 24.3 Å². The Balaban J connectivity index is 2.58. The Morgan fingerprint density at radius 3 is 2.56 bits per heavy atom. The lowest BCUT2D eigenvalue weighted by Gasteiger charge is -2.14. The quantitative estimate of drug-likeness (QED) is 0.858. The lowest BCUT2D eigenvalue weighted by atomic mass is 10.2. The van der Waals surface area contributed by atoms with Crippen molar-refractivity contribution >= 4 is 11.0 Å². The number of imidazole rings is 1. The van der Waals surface area contributed by atoms with Crippen LogP contribution in [0.5, 0.6) is 0 Å². The first-order chi connectivity index (χ1) is 7.59. The van der Waals surface area contributed by atoms with E-state index in [2.05, 4.69) is 41.6 Å². The van der Waals surface area contributed by atoms with Crippen LogP contribution in [0.25, 0.3) is 11.0 Å². The van der Waals surface area contributed by atoms with Gasteiger partial charge in [-0.3, -0.25) is 0 Å². The first-order valence-corrected chi connectivity index (χ1v) is 5.81. The molecule has 86 valence electrons. The van der Waals surface area contributed by atoms with Crippen molar-refractivity contribution in [1.29, 1.82) is 0 Å². The van der Waals surface area contributed by atoms with Gasteiger partial charge in [-0.25, -0.2) is 4.98 Å². The van der Waals surface area contributed by atoms with Crippen LogP contribution in [-0.2, 0) is 6.42 Å². The Bertz CT molecular complexity index is 483. The van der Waals surface area contributed by atoms with Crippen molar-refractivity contribution in [2.75, 3.05) is 0 Å². The van der Waals surface area contributed by atoms with Gasteiger partial charge >= 0.3 is 0 Å². The van der Waals surface area contributed by atoms with Gasteiger partial charge in [0.15, 0.2) is 0 Å². The zero-order chi connectivity index (χ0) is 11.7. The first kappa shape index (κ1) is 11.1. The molecule has 0 saturated heterocycles. The Morgan fingerprint density at radius 2 is 1.94 bits per heavy atom. The molecule has 0 saturated carbocycles. The van der Waals surface area contributed by atoms with E-state index < -0.39 is 0 Å². The van der Waals surface area contributed by atoms with E-state index in [1.165, 1.54) is 5.52 Å². The Morgan fingerprint density at radius 1 is 1.25 bits per heavy atom. The first-order valence-electron chi connectivity index (χ1n) is 5.81. The molecular formula is C13H19N3. The van der Waals surface area contributed by atoms with Gasteiger partial charge in [-0.1, -0.05) is 12.1 Å². The molecule has 0 radical (unpaired) electrons. The van der Waals surface area contributed by atoms with Crippen LogP contribution in [-0.4, -0.2) is 15.6 Å². The van der Waals surface area contributed by atoms with E-state index in [0.29, 0.717) is 6.04 Å². The number of fused-ring (bicyclic) bond motifs is 1. The van der Waals surface area contributed by atoms with Gasteiger partial charge in [-0.2, -0.15) is 0 Å². The van der Waals surface area contributed by atoms with E-state index in [9.17, 15) is 0 Å². The van der Waals surface area contributed by atoms with Gasteiger partial charge in [0.05, 0.1) is 11.0 Å². The van der Waals surface area contributed by atoms with Crippen LogP contribution in [0.3, 0.4) is 0 Å². The van der Waals surface area contributed by atoms with Crippen molar-refractivity contribution in [3.8, 4) is 0 Å². The highest BCUT2D eigenvalue weighted by Crippen LogP contribution is 2.21. The van der Waals surface area contributed by atoms with Gasteiger partial charge in [0.2, 0.25) is 0 Å². The second-order valence-electron chi connectivity index (χ2n) is 4.66. The van der Waals surface area contributed by atoms with Crippen LogP contribution in [0, 0.1) is 0 Å². The standard InChI is InChI=1S/C13H19N3/c1-9(2)16-12-7-5-4-6-11(12)15-13(16)8-10(3)14/h4-7,9-10H,8,14H2,1-3H3. The highest BCUT2D eigenvalue weighted by Gasteiger charge is 2.13. The minimum Gasteiger partial charge on any atom is -0.328 e. The minimum absolute atomic E-state index is 0.148. The number of aromatic nitrogens is 2. The number of hydrogen-bond donors (Lipinski definition) is 1. The predicted octanol–water partition coefficient (Wildman–Crippen LogP) is 2.51. The van der Waals surface area contributed by atoms with Gasteiger partial charge < -0.3 is 10.3 Å². The molecule has 3 nitrogen and oxygen atoms in total. The van der Waals surface area contributed by atoms with Crippen molar-refractivity contribution < 1.29 is 0 Å². The molecule has 0 fully saturated rings. The summed E-state index contributed by atoms with van der Waals surface area (Å²) in [5.74, 6) is 1.09. The molecule has 1 heterocycles. The van der Waals surface area contributed by atoms with Crippen molar-refractivity contribution in [3.05, 3.63) is 30.1 Å². The summed E-state index contributed by atoms with van der Waals surface area (Å²) in [4.78, 5) is 4.66. The normalized spacial score (nSPS) is 13.6. The van der Waals surface area contributed by atoms with E-state index in [1.807, 2.05) is 13.0 Å². The Kier molecular flexibility index (Phi) is 2.97. The average Bonchev–Trinajstić information content (AvgIpc) is 2.53. The zero-order valence-corrected chi connectivity index (χ0v) is 10.1.